The molecule has 0 bridgehead atoms. The molecule has 1 aliphatic carbocycles. The Balaban J connectivity index is 1.35. The van der Waals surface area contributed by atoms with Gasteiger partial charge in [-0.1, -0.05) is 5.16 Å². The molecule has 17 nitrogen and oxygen atoms in total. The summed E-state index contributed by atoms with van der Waals surface area (Å²) < 4.78 is 16.4. The topological polar surface area (TPSA) is 229 Å². The molecule has 0 aromatic carbocycles. The Morgan fingerprint density at radius 2 is 1.98 bits per heavy atom. The number of nitrogens with zero attached hydrogens (tertiary/aromatic N) is 7. The number of nitrogen functional groups attached to an aromatic ring is 1. The molecule has 3 heterocycles. The number of carbonyl (C=O) groups is 4. The first-order valence-corrected chi connectivity index (χ1v) is 14.8. The number of hydrogen-bond donors (Lipinski definition) is 5. The number of hydrogen-bond acceptors (Lipinski definition) is 14. The molecule has 0 radical (unpaired) electrons. The van der Waals surface area contributed by atoms with Crippen LogP contribution in [0.4, 0.5) is 9.52 Å². The number of hydrazone groups is 2. The number of amides is 3. The van der Waals surface area contributed by atoms with E-state index in [0.717, 1.165) is 42.1 Å². The van der Waals surface area contributed by atoms with Crippen LogP contribution < -0.4 is 21.8 Å². The first-order chi connectivity index (χ1) is 20.6. The van der Waals surface area contributed by atoms with E-state index in [9.17, 15) is 28.7 Å². The highest BCUT2D eigenvalue weighted by Gasteiger charge is 2.54. The first kappa shape index (κ1) is 31.6. The summed E-state index contributed by atoms with van der Waals surface area (Å²) >= 11 is 2.00. The Bertz CT molecular complexity index is 1360. The highest BCUT2D eigenvalue weighted by atomic mass is 32.2. The molecule has 232 valence electrons. The molecule has 2 aliphatic heterocycles. The average molecular weight is 640 g/mol. The number of nitrogens with one attached hydrogen (secondary N) is 3. The maximum Gasteiger partial charge on any atom is 0.353 e. The highest BCUT2D eigenvalue weighted by Crippen LogP contribution is 2.40. The highest BCUT2D eigenvalue weighted by molar-refractivity contribution is 8.00. The number of aliphatic carboxylic acids is 1. The minimum atomic E-state index is -1.33. The van der Waals surface area contributed by atoms with Crippen LogP contribution in [0.5, 0.6) is 0 Å². The average Bonchev–Trinajstić information content (AvgIpc) is 3.40. The maximum atomic E-state index is 13.0. The zero-order valence-corrected chi connectivity index (χ0v) is 24.7. The van der Waals surface area contributed by atoms with Gasteiger partial charge in [0.05, 0.1) is 6.21 Å². The molecule has 1 saturated carbocycles. The summed E-state index contributed by atoms with van der Waals surface area (Å²) in [4.78, 5) is 58.4. The van der Waals surface area contributed by atoms with Gasteiger partial charge in [-0.15, -0.1) is 11.8 Å². The van der Waals surface area contributed by atoms with Crippen molar-refractivity contribution in [3.05, 3.63) is 17.1 Å². The van der Waals surface area contributed by atoms with Crippen molar-refractivity contribution >= 4 is 70.4 Å². The minimum Gasteiger partial charge on any atom is -0.477 e. The molecule has 3 aliphatic rings. The lowest BCUT2D eigenvalue weighted by Crippen LogP contribution is -2.71. The predicted octanol–water partition coefficient (Wildman–Crippen LogP) is -0.596. The summed E-state index contributed by atoms with van der Waals surface area (Å²) in [6.07, 6.45) is 6.19. The molecule has 2 fully saturated rings. The van der Waals surface area contributed by atoms with Gasteiger partial charge in [-0.2, -0.15) is 19.6 Å². The molecule has 1 aromatic heterocycles. The van der Waals surface area contributed by atoms with Crippen LogP contribution in [0.1, 0.15) is 38.4 Å². The van der Waals surface area contributed by atoms with Crippen LogP contribution in [0, 0.1) is 0 Å². The SMILES string of the molecule is CC(=O)NC1CCC(NN=CN(C)N=CC2=C(C(=O)O)N3C(=O)C(NC(=O)C(=NOCF)c4nsc(N)n4)[C@@H]3SC2)CC1. The number of β-lactam (4-membered cyclic amide) rings is 1. The fourth-order valence-corrected chi connectivity index (χ4v) is 6.35. The molecule has 2 atom stereocenters. The van der Waals surface area contributed by atoms with E-state index in [2.05, 4.69) is 45.6 Å². The quantitative estimate of drug-likeness (QED) is 0.0836. The number of nitrogens with two attached hydrogens (primary N) is 1. The molecule has 0 spiro atoms. The van der Waals surface area contributed by atoms with E-state index < -0.39 is 41.8 Å². The fourth-order valence-electron chi connectivity index (χ4n) is 4.62. The van der Waals surface area contributed by atoms with Gasteiger partial charge < -0.3 is 31.7 Å². The summed E-state index contributed by atoms with van der Waals surface area (Å²) in [5.74, 6) is -2.99. The van der Waals surface area contributed by atoms with E-state index in [4.69, 9.17) is 5.73 Å². The summed E-state index contributed by atoms with van der Waals surface area (Å²) in [5.41, 5.74) is 8.15. The van der Waals surface area contributed by atoms with Crippen molar-refractivity contribution in [2.24, 2.45) is 15.4 Å². The number of carbonyl (C=O) groups excluding carboxylic acids is 3. The largest absolute Gasteiger partial charge is 0.477 e. The van der Waals surface area contributed by atoms with E-state index in [1.807, 2.05) is 0 Å². The molecule has 20 heteroatoms. The van der Waals surface area contributed by atoms with Gasteiger partial charge in [0.25, 0.3) is 18.7 Å². The lowest BCUT2D eigenvalue weighted by atomic mass is 9.91. The van der Waals surface area contributed by atoms with E-state index in [-0.39, 0.29) is 46.0 Å². The Hall–Kier alpha value is -4.33. The maximum absolute atomic E-state index is 13.0. The van der Waals surface area contributed by atoms with E-state index in [1.165, 1.54) is 36.2 Å². The number of anilines is 1. The number of thioether (sulfide) groups is 1. The normalized spacial score (nSPS) is 24.0. The van der Waals surface area contributed by atoms with Crippen LogP contribution in [0.2, 0.25) is 0 Å². The molecule has 1 unspecified atom stereocenters. The van der Waals surface area contributed by atoms with Crippen molar-refractivity contribution in [3.63, 3.8) is 0 Å². The number of oxime groups is 1. The Kier molecular flexibility index (Phi) is 10.5. The summed E-state index contributed by atoms with van der Waals surface area (Å²) in [5, 5.41) is 27.8. The Morgan fingerprint density at radius 1 is 1.26 bits per heavy atom. The Morgan fingerprint density at radius 3 is 2.60 bits per heavy atom. The third-order valence-corrected chi connectivity index (χ3v) is 8.42. The van der Waals surface area contributed by atoms with Gasteiger partial charge in [-0.25, -0.2) is 9.18 Å². The summed E-state index contributed by atoms with van der Waals surface area (Å²) in [6, 6.07) is -0.756. The monoisotopic (exact) mass is 639 g/mol. The van der Waals surface area contributed by atoms with Crippen molar-refractivity contribution in [2.75, 3.05) is 25.4 Å². The van der Waals surface area contributed by atoms with Crippen molar-refractivity contribution in [1.82, 2.24) is 35.3 Å². The molecule has 3 amide bonds. The van der Waals surface area contributed by atoms with Crippen LogP contribution in [0.15, 0.2) is 26.6 Å². The number of aromatic nitrogens is 2. The molecular weight excluding hydrogens is 609 g/mol. The van der Waals surface area contributed by atoms with Gasteiger partial charge in [0.2, 0.25) is 17.4 Å². The molecular formula is C23H30FN11O6S2. The molecule has 1 saturated heterocycles. The minimum absolute atomic E-state index is 0.0326. The fraction of sp³-hybridized carbons (Fsp3) is 0.522. The van der Waals surface area contributed by atoms with Crippen molar-refractivity contribution in [1.29, 1.82) is 0 Å². The molecule has 4 rings (SSSR count). The number of halogens is 1. The second kappa shape index (κ2) is 14.2. The van der Waals surface area contributed by atoms with Gasteiger partial charge in [-0.3, -0.25) is 24.3 Å². The number of carboxylic acids is 1. The first-order valence-electron chi connectivity index (χ1n) is 13.0. The van der Waals surface area contributed by atoms with Crippen LogP contribution in [0.25, 0.3) is 0 Å². The molecule has 1 aromatic rings. The number of alkyl halides is 1. The zero-order chi connectivity index (χ0) is 31.1. The molecule has 6 N–H and O–H groups in total. The van der Waals surface area contributed by atoms with Gasteiger partial charge >= 0.3 is 5.97 Å². The number of carboxylic acid groups (broad SMARTS) is 1. The van der Waals surface area contributed by atoms with Crippen molar-refractivity contribution in [2.45, 2.75) is 56.1 Å². The number of rotatable bonds is 12. The third kappa shape index (κ3) is 7.74. The van der Waals surface area contributed by atoms with Crippen LogP contribution >= 0.6 is 23.3 Å². The van der Waals surface area contributed by atoms with Crippen LogP contribution in [0.3, 0.4) is 0 Å². The predicted molar refractivity (Wildman–Crippen MR) is 155 cm³/mol. The van der Waals surface area contributed by atoms with Gasteiger partial charge in [0.1, 0.15) is 23.5 Å². The molecule has 43 heavy (non-hydrogen) atoms. The zero-order valence-electron chi connectivity index (χ0n) is 23.1. The van der Waals surface area contributed by atoms with Crippen LogP contribution in [-0.4, -0.2) is 109 Å². The van der Waals surface area contributed by atoms with E-state index >= 15 is 0 Å². The lowest BCUT2D eigenvalue weighted by Gasteiger charge is -2.49. The van der Waals surface area contributed by atoms with Gasteiger partial charge in [0, 0.05) is 48.9 Å². The van der Waals surface area contributed by atoms with Gasteiger partial charge in [-0.05, 0) is 25.7 Å². The second-order valence-electron chi connectivity index (χ2n) is 9.62. The summed E-state index contributed by atoms with van der Waals surface area (Å²) in [7, 11) is 1.62. The summed E-state index contributed by atoms with van der Waals surface area (Å²) in [6.45, 7) is 0.186. The van der Waals surface area contributed by atoms with E-state index in [0.29, 0.717) is 0 Å². The third-order valence-electron chi connectivity index (χ3n) is 6.57. The lowest BCUT2D eigenvalue weighted by molar-refractivity contribution is -0.150. The standard InChI is InChI=1S/C23H30FN11O6S2/c1-11(36)28-13-3-5-14(6-4-13)31-26-10-34(2)27-7-12-8-42-21-16(20(38)35(21)17(12)22(39)40)29-19(37)15(32-41-9-24)18-30-23(25)43-33-18/h7,10,13-14,16,21,31H,3-6,8-9H2,1-2H3,(H,28,36)(H,29,37)(H,39,40)(H2,25,30,33)/t13?,14?,16?,21-/m0/s1. The van der Waals surface area contributed by atoms with Crippen molar-refractivity contribution in [3.8, 4) is 0 Å². The van der Waals surface area contributed by atoms with Crippen LogP contribution in [-0.2, 0) is 24.0 Å². The number of fused-ring (bicyclic) bond motifs is 1. The van der Waals surface area contributed by atoms with Gasteiger partial charge in [0.15, 0.2) is 5.13 Å². The van der Waals surface area contributed by atoms with E-state index in [1.54, 1.807) is 7.05 Å². The van der Waals surface area contributed by atoms with Crippen molar-refractivity contribution < 1.29 is 33.5 Å². The second-order valence-corrected chi connectivity index (χ2v) is 11.5. The Labute approximate surface area is 253 Å². The smallest absolute Gasteiger partial charge is 0.353 e.